The van der Waals surface area contributed by atoms with Gasteiger partial charge in [-0.2, -0.15) is 0 Å². The molecule has 5 nitrogen and oxygen atoms in total. The van der Waals surface area contributed by atoms with Gasteiger partial charge in [0.25, 0.3) is 0 Å². The van der Waals surface area contributed by atoms with Crippen LogP contribution in [0.1, 0.15) is 55.3 Å². The van der Waals surface area contributed by atoms with Gasteiger partial charge in [0.15, 0.2) is 5.75 Å². The molecule has 0 heterocycles. The number of amides is 1. The molecule has 5 heteroatoms. The lowest BCUT2D eigenvalue weighted by atomic mass is 9.90. The van der Waals surface area contributed by atoms with E-state index in [2.05, 4.69) is 5.32 Å². The Morgan fingerprint density at radius 1 is 1.05 bits per heavy atom. The second-order valence-electron chi connectivity index (χ2n) is 5.54. The van der Waals surface area contributed by atoms with E-state index in [0.29, 0.717) is 0 Å². The third-order valence-electron chi connectivity index (χ3n) is 4.00. The zero-order valence-electron chi connectivity index (χ0n) is 12.0. The molecule has 1 fully saturated rings. The molecule has 0 unspecified atom stereocenters. The molecule has 1 aromatic carbocycles. The lowest BCUT2D eigenvalue weighted by molar-refractivity contribution is -0.120. The van der Waals surface area contributed by atoms with E-state index in [9.17, 15) is 14.7 Å². The molecule has 0 spiro atoms. The van der Waals surface area contributed by atoms with Gasteiger partial charge in [0.05, 0.1) is 5.69 Å². The van der Waals surface area contributed by atoms with Crippen LogP contribution >= 0.6 is 0 Å². The topological polar surface area (TPSA) is 86.6 Å². The number of phenols is 1. The van der Waals surface area contributed by atoms with Crippen molar-refractivity contribution in [3.8, 4) is 5.75 Å². The molecule has 0 bridgehead atoms. The molecule has 1 saturated carbocycles. The maximum absolute atomic E-state index is 12.3. The average molecular weight is 291 g/mol. The molecule has 21 heavy (non-hydrogen) atoms. The molecular formula is C16H21NO4. The minimum absolute atomic E-state index is 0.0572. The summed E-state index contributed by atoms with van der Waals surface area (Å²) in [7, 11) is 0. The third kappa shape index (κ3) is 3.97. The molecule has 0 atom stereocenters. The van der Waals surface area contributed by atoms with Gasteiger partial charge in [-0.1, -0.05) is 38.2 Å². The van der Waals surface area contributed by atoms with Crippen LogP contribution in [0.15, 0.2) is 18.2 Å². The van der Waals surface area contributed by atoms with E-state index in [1.165, 1.54) is 24.6 Å². The van der Waals surface area contributed by atoms with Gasteiger partial charge >= 0.3 is 5.97 Å². The first kappa shape index (κ1) is 15.4. The molecule has 0 radical (unpaired) electrons. The first-order valence-corrected chi connectivity index (χ1v) is 7.45. The number of nitrogens with one attached hydrogen (secondary N) is 1. The van der Waals surface area contributed by atoms with E-state index in [4.69, 9.17) is 5.11 Å². The summed E-state index contributed by atoms with van der Waals surface area (Å²) in [4.78, 5) is 23.3. The number of hydrogen-bond acceptors (Lipinski definition) is 3. The highest BCUT2D eigenvalue weighted by Crippen LogP contribution is 2.29. The quantitative estimate of drug-likeness (QED) is 0.745. The monoisotopic (exact) mass is 291 g/mol. The van der Waals surface area contributed by atoms with Crippen molar-refractivity contribution in [3.63, 3.8) is 0 Å². The molecule has 1 aliphatic carbocycles. The Kier molecular flexibility index (Phi) is 5.20. The number of para-hydroxylation sites is 1. The molecule has 0 aliphatic heterocycles. The van der Waals surface area contributed by atoms with Gasteiger partial charge in [0, 0.05) is 5.92 Å². The number of aromatic carboxylic acids is 1. The Bertz CT molecular complexity index is 519. The molecule has 1 aromatic rings. The molecule has 2 rings (SSSR count). The van der Waals surface area contributed by atoms with Crippen molar-refractivity contribution in [2.75, 3.05) is 5.32 Å². The summed E-state index contributed by atoms with van der Waals surface area (Å²) < 4.78 is 0. The van der Waals surface area contributed by atoms with E-state index in [1.807, 2.05) is 0 Å². The largest absolute Gasteiger partial charge is 0.505 e. The molecule has 0 saturated heterocycles. The van der Waals surface area contributed by atoms with E-state index < -0.39 is 5.97 Å². The normalized spacial score (nSPS) is 16.8. The smallest absolute Gasteiger partial charge is 0.339 e. The van der Waals surface area contributed by atoms with Crippen molar-refractivity contribution in [1.29, 1.82) is 0 Å². The van der Waals surface area contributed by atoms with Gasteiger partial charge in [-0.25, -0.2) is 4.79 Å². The van der Waals surface area contributed by atoms with Crippen LogP contribution in [-0.4, -0.2) is 22.1 Å². The second kappa shape index (κ2) is 7.11. The van der Waals surface area contributed by atoms with Crippen molar-refractivity contribution in [2.24, 2.45) is 5.92 Å². The van der Waals surface area contributed by atoms with Crippen molar-refractivity contribution in [2.45, 2.75) is 44.9 Å². The van der Waals surface area contributed by atoms with Gasteiger partial charge < -0.3 is 15.5 Å². The number of anilines is 1. The van der Waals surface area contributed by atoms with E-state index >= 15 is 0 Å². The van der Waals surface area contributed by atoms with Crippen LogP contribution in [0.2, 0.25) is 0 Å². The van der Waals surface area contributed by atoms with Crippen molar-refractivity contribution in [1.82, 2.24) is 0 Å². The number of carbonyl (C=O) groups excluding carboxylic acids is 1. The summed E-state index contributed by atoms with van der Waals surface area (Å²) in [6.45, 7) is 0. The third-order valence-corrected chi connectivity index (χ3v) is 4.00. The summed E-state index contributed by atoms with van der Waals surface area (Å²) in [6, 6.07) is 4.34. The molecule has 0 aromatic heterocycles. The number of aromatic hydroxyl groups is 1. The highest BCUT2D eigenvalue weighted by atomic mass is 16.4. The number of hydrogen-bond donors (Lipinski definition) is 3. The summed E-state index contributed by atoms with van der Waals surface area (Å²) >= 11 is 0. The Balaban J connectivity index is 2.08. The van der Waals surface area contributed by atoms with E-state index in [-0.39, 0.29) is 28.8 Å². The number of carbonyl (C=O) groups is 2. The predicted octanol–water partition coefficient (Wildman–Crippen LogP) is 3.39. The first-order chi connectivity index (χ1) is 10.1. The fourth-order valence-electron chi connectivity index (χ4n) is 2.77. The fraction of sp³-hybridized carbons (Fsp3) is 0.500. The lowest BCUT2D eigenvalue weighted by Gasteiger charge is -2.19. The summed E-state index contributed by atoms with van der Waals surface area (Å²) in [5, 5.41) is 21.6. The maximum Gasteiger partial charge on any atom is 0.339 e. The van der Waals surface area contributed by atoms with Crippen LogP contribution in [0.5, 0.6) is 5.75 Å². The maximum atomic E-state index is 12.3. The fourth-order valence-corrected chi connectivity index (χ4v) is 2.77. The van der Waals surface area contributed by atoms with Crippen molar-refractivity contribution in [3.05, 3.63) is 23.8 Å². The molecular weight excluding hydrogens is 270 g/mol. The van der Waals surface area contributed by atoms with Crippen LogP contribution in [-0.2, 0) is 4.79 Å². The zero-order valence-corrected chi connectivity index (χ0v) is 12.0. The first-order valence-electron chi connectivity index (χ1n) is 7.45. The van der Waals surface area contributed by atoms with Crippen LogP contribution in [0.4, 0.5) is 5.69 Å². The van der Waals surface area contributed by atoms with Gasteiger partial charge in [-0.05, 0) is 25.0 Å². The molecule has 114 valence electrons. The summed E-state index contributed by atoms with van der Waals surface area (Å²) in [6.07, 6.45) is 7.33. The summed E-state index contributed by atoms with van der Waals surface area (Å²) in [5.41, 5.74) is -0.0348. The number of benzene rings is 1. The molecule has 1 aliphatic rings. The highest BCUT2D eigenvalue weighted by molar-refractivity contribution is 5.98. The molecule has 3 N–H and O–H groups in total. The number of carboxylic acid groups (broad SMARTS) is 1. The van der Waals surface area contributed by atoms with Crippen LogP contribution in [0.3, 0.4) is 0 Å². The second-order valence-corrected chi connectivity index (χ2v) is 5.54. The Hall–Kier alpha value is -2.04. The van der Waals surface area contributed by atoms with Crippen molar-refractivity contribution >= 4 is 17.6 Å². The lowest BCUT2D eigenvalue weighted by Crippen LogP contribution is -2.23. The summed E-state index contributed by atoms with van der Waals surface area (Å²) in [5.74, 6) is -1.79. The Labute approximate surface area is 124 Å². The van der Waals surface area contributed by atoms with E-state index in [1.54, 1.807) is 0 Å². The highest BCUT2D eigenvalue weighted by Gasteiger charge is 2.21. The number of rotatable bonds is 3. The Morgan fingerprint density at radius 2 is 1.67 bits per heavy atom. The Morgan fingerprint density at radius 3 is 2.29 bits per heavy atom. The average Bonchev–Trinajstić information content (AvgIpc) is 2.40. The zero-order chi connectivity index (χ0) is 15.2. The van der Waals surface area contributed by atoms with Crippen LogP contribution in [0, 0.1) is 5.92 Å². The van der Waals surface area contributed by atoms with Crippen molar-refractivity contribution < 1.29 is 19.8 Å². The van der Waals surface area contributed by atoms with Crippen LogP contribution < -0.4 is 5.32 Å². The number of carboxylic acids is 1. The minimum Gasteiger partial charge on any atom is -0.505 e. The van der Waals surface area contributed by atoms with Crippen LogP contribution in [0.25, 0.3) is 0 Å². The van der Waals surface area contributed by atoms with E-state index in [0.717, 1.165) is 38.5 Å². The standard InChI is InChI=1S/C16H21NO4/c18-14-12(16(20)21)9-6-10-13(14)17-15(19)11-7-4-2-1-3-5-8-11/h6,9-11,18H,1-5,7-8H2,(H,17,19)(H,20,21). The predicted molar refractivity (Wildman–Crippen MR) is 79.5 cm³/mol. The minimum atomic E-state index is -1.21. The molecule has 1 amide bonds. The van der Waals surface area contributed by atoms with Gasteiger partial charge in [0.2, 0.25) is 5.91 Å². The van der Waals surface area contributed by atoms with Gasteiger partial charge in [-0.15, -0.1) is 0 Å². The van der Waals surface area contributed by atoms with Gasteiger partial charge in [-0.3, -0.25) is 4.79 Å². The SMILES string of the molecule is O=C(O)c1cccc(NC(=O)C2CCCCCCC2)c1O. The van der Waals surface area contributed by atoms with Gasteiger partial charge in [0.1, 0.15) is 5.56 Å².